The third kappa shape index (κ3) is 3.58. The summed E-state index contributed by atoms with van der Waals surface area (Å²) < 4.78 is 33.0. The van der Waals surface area contributed by atoms with E-state index in [1.807, 2.05) is 6.92 Å². The molecule has 1 aliphatic rings. The smallest absolute Gasteiger partial charge is 0.166 e. The number of aryl methyl sites for hydroxylation is 1. The molecule has 2 aromatic rings. The summed E-state index contributed by atoms with van der Waals surface area (Å²) in [5, 5.41) is 3.32. The molecule has 0 saturated heterocycles. The Balaban J connectivity index is 1.74. The van der Waals surface area contributed by atoms with Crippen LogP contribution in [-0.2, 0) is 6.54 Å². The average Bonchev–Trinajstić information content (AvgIpc) is 3.27. The maximum atomic E-state index is 14.0. The van der Waals surface area contributed by atoms with Gasteiger partial charge in [-0.2, -0.15) is 0 Å². The first-order chi connectivity index (χ1) is 10.1. The van der Waals surface area contributed by atoms with Crippen LogP contribution >= 0.6 is 0 Å². The number of rotatable bonds is 5. The van der Waals surface area contributed by atoms with Gasteiger partial charge in [0.05, 0.1) is 0 Å². The van der Waals surface area contributed by atoms with E-state index >= 15 is 0 Å². The number of benzene rings is 2. The molecule has 4 heteroatoms. The average molecular weight is 289 g/mol. The minimum atomic E-state index is -0.500. The van der Waals surface area contributed by atoms with Gasteiger partial charge in [-0.25, -0.2) is 8.78 Å². The van der Waals surface area contributed by atoms with E-state index in [0.717, 1.165) is 11.1 Å². The van der Waals surface area contributed by atoms with E-state index in [-0.39, 0.29) is 11.5 Å². The normalized spacial score (nSPS) is 14.2. The zero-order valence-corrected chi connectivity index (χ0v) is 11.8. The van der Waals surface area contributed by atoms with E-state index in [0.29, 0.717) is 12.6 Å². The van der Waals surface area contributed by atoms with Crippen molar-refractivity contribution in [1.29, 1.82) is 0 Å². The Bertz CT molecular complexity index is 653. The molecule has 1 aliphatic carbocycles. The van der Waals surface area contributed by atoms with Gasteiger partial charge in [-0.15, -0.1) is 0 Å². The van der Waals surface area contributed by atoms with Crippen molar-refractivity contribution in [3.05, 3.63) is 59.2 Å². The summed E-state index contributed by atoms with van der Waals surface area (Å²) in [4.78, 5) is 0. The van der Waals surface area contributed by atoms with Crippen molar-refractivity contribution in [2.45, 2.75) is 32.4 Å². The number of hydrogen-bond donors (Lipinski definition) is 1. The second-order valence-electron chi connectivity index (χ2n) is 5.46. The fraction of sp³-hybridized carbons (Fsp3) is 0.294. The van der Waals surface area contributed by atoms with Crippen molar-refractivity contribution in [1.82, 2.24) is 5.32 Å². The molecule has 0 heterocycles. The molecule has 2 aromatic carbocycles. The van der Waals surface area contributed by atoms with E-state index in [9.17, 15) is 8.78 Å². The molecule has 1 N–H and O–H groups in total. The summed E-state index contributed by atoms with van der Waals surface area (Å²) in [6.07, 6.45) is 2.38. The lowest BCUT2D eigenvalue weighted by Gasteiger charge is -2.10. The second-order valence-corrected chi connectivity index (χ2v) is 5.46. The van der Waals surface area contributed by atoms with E-state index in [2.05, 4.69) is 5.32 Å². The second kappa shape index (κ2) is 5.82. The van der Waals surface area contributed by atoms with Crippen molar-refractivity contribution >= 4 is 0 Å². The topological polar surface area (TPSA) is 21.3 Å². The lowest BCUT2D eigenvalue weighted by atomic mass is 10.2. The van der Waals surface area contributed by atoms with Gasteiger partial charge in [0.2, 0.25) is 0 Å². The Morgan fingerprint density at radius 1 is 1.05 bits per heavy atom. The van der Waals surface area contributed by atoms with Crippen molar-refractivity contribution in [2.24, 2.45) is 0 Å². The predicted molar refractivity (Wildman–Crippen MR) is 77.5 cm³/mol. The van der Waals surface area contributed by atoms with Crippen molar-refractivity contribution in [2.75, 3.05) is 0 Å². The highest BCUT2D eigenvalue weighted by Gasteiger charge is 2.20. The lowest BCUT2D eigenvalue weighted by Crippen LogP contribution is -2.15. The molecule has 0 atom stereocenters. The maximum Gasteiger partial charge on any atom is 0.166 e. The van der Waals surface area contributed by atoms with Crippen molar-refractivity contribution in [3.8, 4) is 11.5 Å². The molecule has 0 bridgehead atoms. The van der Waals surface area contributed by atoms with E-state index in [1.54, 1.807) is 24.3 Å². The van der Waals surface area contributed by atoms with Crippen LogP contribution in [0.3, 0.4) is 0 Å². The van der Waals surface area contributed by atoms with E-state index in [1.165, 1.54) is 25.0 Å². The largest absolute Gasteiger partial charge is 0.451 e. The quantitative estimate of drug-likeness (QED) is 0.885. The van der Waals surface area contributed by atoms with Gasteiger partial charge < -0.3 is 10.1 Å². The van der Waals surface area contributed by atoms with Gasteiger partial charge in [-0.1, -0.05) is 12.1 Å². The number of halogens is 2. The predicted octanol–water partition coefficient (Wildman–Crippen LogP) is 4.32. The van der Waals surface area contributed by atoms with Gasteiger partial charge in [0.25, 0.3) is 0 Å². The number of ether oxygens (including phenoxy) is 1. The highest BCUT2D eigenvalue weighted by molar-refractivity contribution is 5.37. The Morgan fingerprint density at radius 3 is 2.57 bits per heavy atom. The van der Waals surface area contributed by atoms with Crippen LogP contribution in [0.5, 0.6) is 11.5 Å². The zero-order valence-electron chi connectivity index (χ0n) is 11.8. The number of hydrogen-bond acceptors (Lipinski definition) is 2. The fourth-order valence-electron chi connectivity index (χ4n) is 2.09. The van der Waals surface area contributed by atoms with Crippen LogP contribution in [0.2, 0.25) is 0 Å². The molecule has 1 fully saturated rings. The molecule has 2 nitrogen and oxygen atoms in total. The van der Waals surface area contributed by atoms with Gasteiger partial charge in [0.1, 0.15) is 0 Å². The highest BCUT2D eigenvalue weighted by Crippen LogP contribution is 2.28. The summed E-state index contributed by atoms with van der Waals surface area (Å²) in [5.74, 6) is -0.905. The molecule has 1 saturated carbocycles. The molecule has 0 aromatic heterocycles. The molecule has 0 radical (unpaired) electrons. The minimum absolute atomic E-state index is 0.0367. The number of nitrogens with one attached hydrogen (secondary N) is 1. The van der Waals surface area contributed by atoms with Crippen LogP contribution in [-0.4, -0.2) is 6.04 Å². The SMILES string of the molecule is Cc1ccc(F)c(Oc2ccc(CNC3CC3)cc2F)c1. The molecular formula is C17H17F2NO. The van der Waals surface area contributed by atoms with Gasteiger partial charge in [-0.05, 0) is 55.2 Å². The molecular weight excluding hydrogens is 272 g/mol. The van der Waals surface area contributed by atoms with E-state index in [4.69, 9.17) is 4.74 Å². The van der Waals surface area contributed by atoms with Gasteiger partial charge in [-0.3, -0.25) is 0 Å². The van der Waals surface area contributed by atoms with Crippen LogP contribution in [0.25, 0.3) is 0 Å². The molecule has 0 spiro atoms. The minimum Gasteiger partial charge on any atom is -0.451 e. The monoisotopic (exact) mass is 289 g/mol. The van der Waals surface area contributed by atoms with Crippen molar-refractivity contribution < 1.29 is 13.5 Å². The van der Waals surface area contributed by atoms with Crippen LogP contribution in [0.15, 0.2) is 36.4 Å². The molecule has 110 valence electrons. The molecule has 0 aliphatic heterocycles. The Morgan fingerprint density at radius 2 is 1.86 bits per heavy atom. The van der Waals surface area contributed by atoms with Gasteiger partial charge in [0, 0.05) is 12.6 Å². The first kappa shape index (κ1) is 14.0. The molecule has 0 unspecified atom stereocenters. The van der Waals surface area contributed by atoms with Crippen LogP contribution in [0, 0.1) is 18.6 Å². The standard InChI is InChI=1S/C17H17F2NO/c1-11-2-6-14(18)17(8-11)21-16-7-3-12(9-15(16)19)10-20-13-4-5-13/h2-3,6-9,13,20H,4-5,10H2,1H3. The van der Waals surface area contributed by atoms with Crippen LogP contribution in [0.4, 0.5) is 8.78 Å². The molecule has 3 rings (SSSR count). The van der Waals surface area contributed by atoms with Gasteiger partial charge in [0.15, 0.2) is 23.1 Å². The third-order valence-corrected chi connectivity index (χ3v) is 3.48. The molecule has 0 amide bonds. The summed E-state index contributed by atoms with van der Waals surface area (Å²) in [6.45, 7) is 2.47. The van der Waals surface area contributed by atoms with Crippen LogP contribution in [0.1, 0.15) is 24.0 Å². The summed E-state index contributed by atoms with van der Waals surface area (Å²) in [6, 6.07) is 9.85. The van der Waals surface area contributed by atoms with Gasteiger partial charge >= 0.3 is 0 Å². The maximum absolute atomic E-state index is 14.0. The van der Waals surface area contributed by atoms with Crippen LogP contribution < -0.4 is 10.1 Å². The highest BCUT2D eigenvalue weighted by atomic mass is 19.1. The Labute approximate surface area is 122 Å². The lowest BCUT2D eigenvalue weighted by molar-refractivity contribution is 0.414. The summed E-state index contributed by atoms with van der Waals surface area (Å²) in [5.41, 5.74) is 1.72. The summed E-state index contributed by atoms with van der Waals surface area (Å²) >= 11 is 0. The third-order valence-electron chi connectivity index (χ3n) is 3.48. The summed E-state index contributed by atoms with van der Waals surface area (Å²) in [7, 11) is 0. The molecule has 21 heavy (non-hydrogen) atoms. The van der Waals surface area contributed by atoms with Crippen molar-refractivity contribution in [3.63, 3.8) is 0 Å². The van der Waals surface area contributed by atoms with E-state index < -0.39 is 11.6 Å². The Hall–Kier alpha value is -1.94. The first-order valence-corrected chi connectivity index (χ1v) is 7.07. The first-order valence-electron chi connectivity index (χ1n) is 7.07. The fourth-order valence-corrected chi connectivity index (χ4v) is 2.09. The zero-order chi connectivity index (χ0) is 14.8. The Kier molecular flexibility index (Phi) is 3.88.